The second-order valence-electron chi connectivity index (χ2n) is 5.59. The standard InChI is InChI=1S/C18H16F3N3O2/c1-26-14-7-3-2-6-13(14)23-16(25)8-10-24-15(18(19,20)21)11-12-5-4-9-22-17(12)24/h2-7,9,11H,8,10H2,1H3,(H,23,25). The summed E-state index contributed by atoms with van der Waals surface area (Å²) in [7, 11) is 1.47. The van der Waals surface area contributed by atoms with Gasteiger partial charge >= 0.3 is 6.18 Å². The van der Waals surface area contributed by atoms with E-state index in [1.807, 2.05) is 0 Å². The second-order valence-corrected chi connectivity index (χ2v) is 5.59. The molecule has 0 saturated heterocycles. The van der Waals surface area contributed by atoms with Crippen LogP contribution in [0.25, 0.3) is 11.0 Å². The van der Waals surface area contributed by atoms with Crippen molar-refractivity contribution in [2.45, 2.75) is 19.1 Å². The Morgan fingerprint density at radius 1 is 1.23 bits per heavy atom. The second kappa shape index (κ2) is 7.07. The van der Waals surface area contributed by atoms with Crippen molar-refractivity contribution >= 4 is 22.6 Å². The number of aryl methyl sites for hydroxylation is 1. The van der Waals surface area contributed by atoms with Gasteiger partial charge in [0, 0.05) is 24.5 Å². The number of hydrogen-bond acceptors (Lipinski definition) is 3. The first-order valence-electron chi connectivity index (χ1n) is 7.84. The Hall–Kier alpha value is -3.03. The molecule has 1 aromatic carbocycles. The lowest BCUT2D eigenvalue weighted by atomic mass is 10.2. The van der Waals surface area contributed by atoms with Crippen molar-refractivity contribution < 1.29 is 22.7 Å². The van der Waals surface area contributed by atoms with Crippen molar-refractivity contribution in [1.82, 2.24) is 9.55 Å². The summed E-state index contributed by atoms with van der Waals surface area (Å²) in [5.74, 6) is 0.0605. The quantitative estimate of drug-likeness (QED) is 0.743. The van der Waals surface area contributed by atoms with E-state index in [9.17, 15) is 18.0 Å². The van der Waals surface area contributed by atoms with Crippen LogP contribution >= 0.6 is 0 Å². The van der Waals surface area contributed by atoms with Crippen LogP contribution in [0.15, 0.2) is 48.7 Å². The summed E-state index contributed by atoms with van der Waals surface area (Å²) >= 11 is 0. The number of alkyl halides is 3. The van der Waals surface area contributed by atoms with Crippen LogP contribution in [0, 0.1) is 0 Å². The molecular formula is C18H16F3N3O2. The number of nitrogens with one attached hydrogen (secondary N) is 1. The zero-order valence-electron chi connectivity index (χ0n) is 13.9. The molecule has 0 aliphatic carbocycles. The molecule has 136 valence electrons. The number of benzene rings is 1. The van der Waals surface area contributed by atoms with E-state index in [-0.39, 0.29) is 18.6 Å². The van der Waals surface area contributed by atoms with Crippen LogP contribution in [0.1, 0.15) is 12.1 Å². The van der Waals surface area contributed by atoms with Gasteiger partial charge in [0.25, 0.3) is 0 Å². The van der Waals surface area contributed by atoms with Crippen LogP contribution in [0.3, 0.4) is 0 Å². The first-order valence-corrected chi connectivity index (χ1v) is 7.84. The summed E-state index contributed by atoms with van der Waals surface area (Å²) in [5, 5.41) is 3.03. The van der Waals surface area contributed by atoms with Gasteiger partial charge in [-0.15, -0.1) is 0 Å². The average molecular weight is 363 g/mol. The molecule has 1 amide bonds. The van der Waals surface area contributed by atoms with E-state index in [1.54, 1.807) is 36.4 Å². The van der Waals surface area contributed by atoms with Gasteiger partial charge in [0.2, 0.25) is 5.91 Å². The van der Waals surface area contributed by atoms with Gasteiger partial charge in [0.15, 0.2) is 0 Å². The highest BCUT2D eigenvalue weighted by Crippen LogP contribution is 2.33. The molecule has 3 rings (SSSR count). The smallest absolute Gasteiger partial charge is 0.431 e. The van der Waals surface area contributed by atoms with E-state index in [1.165, 1.54) is 13.3 Å². The first-order chi connectivity index (χ1) is 12.4. The number of amides is 1. The molecule has 3 aromatic rings. The van der Waals surface area contributed by atoms with Crippen molar-refractivity contribution in [1.29, 1.82) is 0 Å². The molecule has 0 aliphatic rings. The molecule has 0 saturated carbocycles. The number of aromatic nitrogens is 2. The Morgan fingerprint density at radius 2 is 2.00 bits per heavy atom. The molecular weight excluding hydrogens is 347 g/mol. The van der Waals surface area contributed by atoms with Crippen LogP contribution < -0.4 is 10.1 Å². The van der Waals surface area contributed by atoms with Crippen LogP contribution in [0.2, 0.25) is 0 Å². The molecule has 0 unspecified atom stereocenters. The molecule has 1 N–H and O–H groups in total. The molecule has 0 atom stereocenters. The van der Waals surface area contributed by atoms with Crippen molar-refractivity contribution in [3.63, 3.8) is 0 Å². The van der Waals surface area contributed by atoms with Crippen molar-refractivity contribution in [3.05, 3.63) is 54.4 Å². The Bertz CT molecular complexity index is 935. The highest BCUT2D eigenvalue weighted by molar-refractivity contribution is 5.92. The highest BCUT2D eigenvalue weighted by Gasteiger charge is 2.35. The van der Waals surface area contributed by atoms with Gasteiger partial charge in [-0.2, -0.15) is 13.2 Å². The molecule has 0 spiro atoms. The van der Waals surface area contributed by atoms with E-state index in [0.29, 0.717) is 16.8 Å². The number of carbonyl (C=O) groups excluding carboxylic acids is 1. The predicted octanol–water partition coefficient (Wildman–Crippen LogP) is 4.09. The summed E-state index contributed by atoms with van der Waals surface area (Å²) in [4.78, 5) is 16.2. The van der Waals surface area contributed by atoms with Crippen LogP contribution in [0.5, 0.6) is 5.75 Å². The Balaban J connectivity index is 1.80. The maximum Gasteiger partial charge on any atom is 0.431 e. The lowest BCUT2D eigenvalue weighted by Crippen LogP contribution is -2.19. The predicted molar refractivity (Wildman–Crippen MR) is 91.0 cm³/mol. The molecule has 2 heterocycles. The van der Waals surface area contributed by atoms with Gasteiger partial charge in [0.1, 0.15) is 17.1 Å². The Kier molecular flexibility index (Phi) is 4.83. The monoisotopic (exact) mass is 363 g/mol. The SMILES string of the molecule is COc1ccccc1NC(=O)CCn1c(C(F)(F)F)cc2cccnc21. The molecule has 0 radical (unpaired) electrons. The summed E-state index contributed by atoms with van der Waals surface area (Å²) < 4.78 is 46.0. The molecule has 0 aliphatic heterocycles. The fraction of sp³-hybridized carbons (Fsp3) is 0.222. The third-order valence-corrected chi connectivity index (χ3v) is 3.89. The lowest BCUT2D eigenvalue weighted by molar-refractivity contribution is -0.143. The number of halogens is 3. The number of anilines is 1. The molecule has 2 aromatic heterocycles. The minimum atomic E-state index is -4.53. The average Bonchev–Trinajstić information content (AvgIpc) is 2.99. The largest absolute Gasteiger partial charge is 0.495 e. The molecule has 26 heavy (non-hydrogen) atoms. The van der Waals surface area contributed by atoms with Crippen LogP contribution in [-0.4, -0.2) is 22.6 Å². The Morgan fingerprint density at radius 3 is 2.73 bits per heavy atom. The van der Waals surface area contributed by atoms with Gasteiger partial charge in [0.05, 0.1) is 12.8 Å². The number of hydrogen-bond donors (Lipinski definition) is 1. The van der Waals surface area contributed by atoms with Gasteiger partial charge in [-0.05, 0) is 30.3 Å². The summed E-state index contributed by atoms with van der Waals surface area (Å²) in [6, 6.07) is 11.0. The minimum Gasteiger partial charge on any atom is -0.495 e. The number of ether oxygens (including phenoxy) is 1. The van der Waals surface area contributed by atoms with Gasteiger partial charge in [-0.25, -0.2) is 4.98 Å². The number of para-hydroxylation sites is 2. The fourth-order valence-electron chi connectivity index (χ4n) is 2.72. The van der Waals surface area contributed by atoms with Crippen molar-refractivity contribution in [2.75, 3.05) is 12.4 Å². The van der Waals surface area contributed by atoms with Crippen molar-refractivity contribution in [2.24, 2.45) is 0 Å². The van der Waals surface area contributed by atoms with E-state index >= 15 is 0 Å². The molecule has 8 heteroatoms. The molecule has 0 fully saturated rings. The number of carbonyl (C=O) groups is 1. The topological polar surface area (TPSA) is 56.1 Å². The Labute approximate surface area is 147 Å². The third kappa shape index (κ3) is 3.63. The summed E-state index contributed by atoms with van der Waals surface area (Å²) in [6.07, 6.45) is -3.24. The van der Waals surface area contributed by atoms with E-state index in [2.05, 4.69) is 10.3 Å². The van der Waals surface area contributed by atoms with Crippen molar-refractivity contribution in [3.8, 4) is 5.75 Å². The number of rotatable bonds is 5. The summed E-state index contributed by atoms with van der Waals surface area (Å²) in [6.45, 7) is -0.143. The number of fused-ring (bicyclic) bond motifs is 1. The number of methoxy groups -OCH3 is 1. The maximum absolute atomic E-state index is 13.3. The highest BCUT2D eigenvalue weighted by atomic mass is 19.4. The number of pyridine rings is 1. The maximum atomic E-state index is 13.3. The fourth-order valence-corrected chi connectivity index (χ4v) is 2.72. The zero-order chi connectivity index (χ0) is 18.7. The van der Waals surface area contributed by atoms with E-state index in [4.69, 9.17) is 4.74 Å². The first kappa shape index (κ1) is 17.8. The van der Waals surface area contributed by atoms with E-state index < -0.39 is 17.8 Å². The normalized spacial score (nSPS) is 11.5. The molecule has 0 bridgehead atoms. The van der Waals surface area contributed by atoms with Gasteiger partial charge < -0.3 is 14.6 Å². The lowest BCUT2D eigenvalue weighted by Gasteiger charge is -2.13. The van der Waals surface area contributed by atoms with E-state index in [0.717, 1.165) is 10.6 Å². The van der Waals surface area contributed by atoms with Crippen LogP contribution in [0.4, 0.5) is 18.9 Å². The van der Waals surface area contributed by atoms with Crippen LogP contribution in [-0.2, 0) is 17.5 Å². The summed E-state index contributed by atoms with van der Waals surface area (Å²) in [5.41, 5.74) is -0.159. The third-order valence-electron chi connectivity index (χ3n) is 3.89. The number of nitrogens with zero attached hydrogens (tertiary/aromatic N) is 2. The minimum absolute atomic E-state index is 0.137. The van der Waals surface area contributed by atoms with Gasteiger partial charge in [-0.3, -0.25) is 4.79 Å². The zero-order valence-corrected chi connectivity index (χ0v) is 13.9. The van der Waals surface area contributed by atoms with Gasteiger partial charge in [-0.1, -0.05) is 12.1 Å². The molecule has 5 nitrogen and oxygen atoms in total.